The summed E-state index contributed by atoms with van der Waals surface area (Å²) in [5, 5.41) is 13.8. The number of aldehydes is 1. The van der Waals surface area contributed by atoms with E-state index in [0.717, 1.165) is 0 Å². The summed E-state index contributed by atoms with van der Waals surface area (Å²) < 4.78 is 10.4. The van der Waals surface area contributed by atoms with Crippen LogP contribution in [0.4, 0.5) is 0 Å². The number of carbonyl (C=O) groups is 5. The topological polar surface area (TPSA) is 151 Å². The van der Waals surface area contributed by atoms with Crippen molar-refractivity contribution in [1.29, 1.82) is 0 Å². The van der Waals surface area contributed by atoms with E-state index in [1.54, 1.807) is 12.1 Å². The molecule has 3 rings (SSSR count). The first-order chi connectivity index (χ1) is 14.8. The van der Waals surface area contributed by atoms with Crippen LogP contribution < -0.4 is 20.1 Å². The molecule has 11 heteroatoms. The molecule has 0 spiro atoms. The number of amides is 3. The van der Waals surface area contributed by atoms with Gasteiger partial charge in [-0.15, -0.1) is 0 Å². The molecule has 31 heavy (non-hydrogen) atoms. The minimum Gasteiger partial charge on any atom is -0.481 e. The van der Waals surface area contributed by atoms with Crippen LogP contribution in [0.25, 0.3) is 0 Å². The van der Waals surface area contributed by atoms with Crippen molar-refractivity contribution >= 4 is 30.0 Å². The van der Waals surface area contributed by atoms with Crippen LogP contribution in [0.2, 0.25) is 0 Å². The fraction of sp³-hybridized carbons (Fsp3) is 0.450. The van der Waals surface area contributed by atoms with E-state index in [9.17, 15) is 24.0 Å². The molecule has 0 radical (unpaired) electrons. The van der Waals surface area contributed by atoms with Gasteiger partial charge in [0.15, 0.2) is 11.5 Å². The van der Waals surface area contributed by atoms with Crippen LogP contribution in [-0.4, -0.2) is 71.4 Å². The first kappa shape index (κ1) is 22.1. The molecule has 3 amide bonds. The second-order valence-corrected chi connectivity index (χ2v) is 7.30. The van der Waals surface area contributed by atoms with Crippen molar-refractivity contribution in [3.63, 3.8) is 0 Å². The number of likely N-dealkylation sites (tertiary alicyclic amines) is 1. The van der Waals surface area contributed by atoms with E-state index in [2.05, 4.69) is 10.6 Å². The quantitative estimate of drug-likeness (QED) is 0.472. The van der Waals surface area contributed by atoms with Crippen molar-refractivity contribution in [2.24, 2.45) is 0 Å². The molecule has 2 heterocycles. The van der Waals surface area contributed by atoms with Crippen molar-refractivity contribution < 1.29 is 38.6 Å². The molecule has 0 aromatic heterocycles. The van der Waals surface area contributed by atoms with Gasteiger partial charge in [-0.3, -0.25) is 19.2 Å². The lowest BCUT2D eigenvalue weighted by atomic mass is 10.1. The standard InChI is InChI=1S/C20H23N3O8/c1-11(21-18(27)12-4-5-15-16(7-12)31-10-30-15)20(29)23-6-2-3-14(23)19(28)22-13(9-24)8-17(25)26/h4-5,7,9,11,13-14H,2-3,6,8,10H2,1H3,(H,21,27)(H,22,28)(H,25,26). The summed E-state index contributed by atoms with van der Waals surface area (Å²) in [6.45, 7) is 1.90. The van der Waals surface area contributed by atoms with Gasteiger partial charge < -0.3 is 34.9 Å². The first-order valence-electron chi connectivity index (χ1n) is 9.78. The van der Waals surface area contributed by atoms with Gasteiger partial charge in [-0.2, -0.15) is 0 Å². The molecule has 11 nitrogen and oxygen atoms in total. The number of nitrogens with zero attached hydrogens (tertiary/aromatic N) is 1. The third kappa shape index (κ3) is 5.11. The number of carbonyl (C=O) groups excluding carboxylic acids is 4. The minimum absolute atomic E-state index is 0.0745. The van der Waals surface area contributed by atoms with E-state index in [1.165, 1.54) is 17.9 Å². The van der Waals surface area contributed by atoms with Crippen molar-refractivity contribution in [1.82, 2.24) is 15.5 Å². The molecule has 0 bridgehead atoms. The van der Waals surface area contributed by atoms with E-state index in [0.29, 0.717) is 42.7 Å². The molecule has 1 saturated heterocycles. The number of hydrogen-bond acceptors (Lipinski definition) is 7. The predicted molar refractivity (Wildman–Crippen MR) is 104 cm³/mol. The summed E-state index contributed by atoms with van der Waals surface area (Å²) in [5.74, 6) is -1.79. The normalized spacial score (nSPS) is 18.7. The molecule has 2 aliphatic rings. The molecular formula is C20H23N3O8. The average molecular weight is 433 g/mol. The van der Waals surface area contributed by atoms with Crippen molar-refractivity contribution in [3.05, 3.63) is 23.8 Å². The molecule has 3 N–H and O–H groups in total. The van der Waals surface area contributed by atoms with Crippen molar-refractivity contribution in [2.45, 2.75) is 44.3 Å². The van der Waals surface area contributed by atoms with E-state index >= 15 is 0 Å². The summed E-state index contributed by atoms with van der Waals surface area (Å²) in [4.78, 5) is 61.1. The van der Waals surface area contributed by atoms with Gasteiger partial charge in [0.2, 0.25) is 18.6 Å². The zero-order valence-corrected chi connectivity index (χ0v) is 16.8. The second kappa shape index (κ2) is 9.45. The SMILES string of the molecule is CC(NC(=O)c1ccc2c(c1)OCO2)C(=O)N1CCCC1C(=O)NC(C=O)CC(=O)O. The van der Waals surface area contributed by atoms with Gasteiger partial charge in [-0.1, -0.05) is 0 Å². The highest BCUT2D eigenvalue weighted by Gasteiger charge is 2.37. The number of aliphatic carboxylic acids is 1. The van der Waals surface area contributed by atoms with Crippen LogP contribution in [0.5, 0.6) is 11.5 Å². The molecule has 166 valence electrons. The van der Waals surface area contributed by atoms with Crippen LogP contribution in [0.3, 0.4) is 0 Å². The summed E-state index contributed by atoms with van der Waals surface area (Å²) in [6.07, 6.45) is 0.746. The summed E-state index contributed by atoms with van der Waals surface area (Å²) in [5.41, 5.74) is 0.294. The number of fused-ring (bicyclic) bond motifs is 1. The number of nitrogens with one attached hydrogen (secondary N) is 2. The maximum atomic E-state index is 12.9. The monoisotopic (exact) mass is 433 g/mol. The van der Waals surface area contributed by atoms with Gasteiger partial charge in [0.05, 0.1) is 12.5 Å². The van der Waals surface area contributed by atoms with Gasteiger partial charge in [0.1, 0.15) is 18.4 Å². The Morgan fingerprint density at radius 3 is 2.68 bits per heavy atom. The Balaban J connectivity index is 1.61. The Morgan fingerprint density at radius 1 is 1.23 bits per heavy atom. The van der Waals surface area contributed by atoms with Crippen LogP contribution in [0.1, 0.15) is 36.5 Å². The van der Waals surface area contributed by atoms with Crippen LogP contribution in [0.15, 0.2) is 18.2 Å². The number of benzene rings is 1. The predicted octanol–water partition coefficient (Wildman–Crippen LogP) is -0.317. The van der Waals surface area contributed by atoms with Crippen LogP contribution in [-0.2, 0) is 19.2 Å². The Labute approximate surface area is 177 Å². The lowest BCUT2D eigenvalue weighted by molar-refractivity contribution is -0.141. The van der Waals surface area contributed by atoms with Gasteiger partial charge >= 0.3 is 5.97 Å². The smallest absolute Gasteiger partial charge is 0.305 e. The molecule has 0 saturated carbocycles. The third-order valence-corrected chi connectivity index (χ3v) is 5.08. The van der Waals surface area contributed by atoms with Crippen LogP contribution >= 0.6 is 0 Å². The van der Waals surface area contributed by atoms with E-state index in [4.69, 9.17) is 14.6 Å². The molecule has 2 aliphatic heterocycles. The highest BCUT2D eigenvalue weighted by Crippen LogP contribution is 2.32. The highest BCUT2D eigenvalue weighted by atomic mass is 16.7. The zero-order chi connectivity index (χ0) is 22.5. The fourth-order valence-electron chi connectivity index (χ4n) is 3.53. The Hall–Kier alpha value is -3.63. The number of hydrogen-bond donors (Lipinski definition) is 3. The fourth-order valence-corrected chi connectivity index (χ4v) is 3.53. The zero-order valence-electron chi connectivity index (χ0n) is 16.8. The van der Waals surface area contributed by atoms with Gasteiger partial charge in [-0.05, 0) is 38.0 Å². The largest absolute Gasteiger partial charge is 0.481 e. The Bertz CT molecular complexity index is 902. The molecule has 3 atom stereocenters. The van der Waals surface area contributed by atoms with Crippen LogP contribution in [0, 0.1) is 0 Å². The van der Waals surface area contributed by atoms with Gasteiger partial charge in [0.25, 0.3) is 5.91 Å². The highest BCUT2D eigenvalue weighted by molar-refractivity contribution is 5.99. The number of ether oxygens (including phenoxy) is 2. The molecular weight excluding hydrogens is 410 g/mol. The lowest BCUT2D eigenvalue weighted by Gasteiger charge is -2.27. The maximum absolute atomic E-state index is 12.9. The second-order valence-electron chi connectivity index (χ2n) is 7.30. The average Bonchev–Trinajstić information content (AvgIpc) is 3.40. The minimum atomic E-state index is -1.23. The molecule has 0 aliphatic carbocycles. The molecule has 1 aromatic carbocycles. The van der Waals surface area contributed by atoms with E-state index in [-0.39, 0.29) is 6.79 Å². The Kier molecular flexibility index (Phi) is 6.73. The Morgan fingerprint density at radius 2 is 1.97 bits per heavy atom. The van der Waals surface area contributed by atoms with E-state index < -0.39 is 48.2 Å². The summed E-state index contributed by atoms with van der Waals surface area (Å²) in [6, 6.07) is 1.74. The van der Waals surface area contributed by atoms with Gasteiger partial charge in [-0.25, -0.2) is 0 Å². The number of rotatable bonds is 8. The maximum Gasteiger partial charge on any atom is 0.305 e. The molecule has 1 fully saturated rings. The molecule has 3 unspecified atom stereocenters. The van der Waals surface area contributed by atoms with E-state index in [1.807, 2.05) is 0 Å². The van der Waals surface area contributed by atoms with Crippen molar-refractivity contribution in [3.8, 4) is 11.5 Å². The third-order valence-electron chi connectivity index (χ3n) is 5.08. The van der Waals surface area contributed by atoms with Crippen molar-refractivity contribution in [2.75, 3.05) is 13.3 Å². The number of carboxylic acids is 1. The number of carboxylic acid groups (broad SMARTS) is 1. The lowest BCUT2D eigenvalue weighted by Crippen LogP contribution is -2.54. The molecule has 1 aromatic rings. The van der Waals surface area contributed by atoms with Gasteiger partial charge in [0, 0.05) is 12.1 Å². The summed E-state index contributed by atoms with van der Waals surface area (Å²) in [7, 11) is 0. The summed E-state index contributed by atoms with van der Waals surface area (Å²) >= 11 is 0. The first-order valence-corrected chi connectivity index (χ1v) is 9.78.